The van der Waals surface area contributed by atoms with E-state index >= 15 is 0 Å². The number of carbonyl (C=O) groups excluding carboxylic acids is 1. The molecule has 1 aliphatic heterocycles. The van der Waals surface area contributed by atoms with Gasteiger partial charge in [-0.25, -0.2) is 4.98 Å². The molecule has 0 radical (unpaired) electrons. The van der Waals surface area contributed by atoms with E-state index < -0.39 is 0 Å². The maximum atomic E-state index is 12.6. The van der Waals surface area contributed by atoms with Gasteiger partial charge in [0.05, 0.1) is 17.2 Å². The molecule has 7 heteroatoms. The van der Waals surface area contributed by atoms with E-state index in [1.165, 1.54) is 10.9 Å². The third kappa shape index (κ3) is 3.43. The number of hydrogen-bond acceptors (Lipinski definition) is 5. The Morgan fingerprint density at radius 3 is 2.89 bits per heavy atom. The van der Waals surface area contributed by atoms with Crippen LogP contribution in [-0.4, -0.2) is 34.2 Å². The largest absolute Gasteiger partial charge is 0.454 e. The van der Waals surface area contributed by atoms with Crippen molar-refractivity contribution in [2.75, 3.05) is 13.8 Å². The van der Waals surface area contributed by atoms with Crippen LogP contribution in [0.5, 0.6) is 11.5 Å². The molecule has 28 heavy (non-hydrogen) atoms. The Morgan fingerprint density at radius 2 is 2.04 bits per heavy atom. The summed E-state index contributed by atoms with van der Waals surface area (Å²) in [6, 6.07) is 11.2. The molecule has 1 amide bonds. The standard InChI is InChI=1S/C21H21N3O4/c1-14-4-3-5-16-20(14)22-12-24(21(16)26)9-8-19(25)23(2)11-15-6-7-17-18(10-15)28-13-27-17/h3-7,10,12H,8-9,11,13H2,1-2H3. The molecule has 1 aromatic heterocycles. The Labute approximate surface area is 162 Å². The number of ether oxygens (including phenoxy) is 2. The fourth-order valence-corrected chi connectivity index (χ4v) is 3.31. The topological polar surface area (TPSA) is 73.7 Å². The Hall–Kier alpha value is -3.35. The van der Waals surface area contributed by atoms with Crippen molar-refractivity contribution in [3.63, 3.8) is 0 Å². The quantitative estimate of drug-likeness (QED) is 0.681. The van der Waals surface area contributed by atoms with Crippen LogP contribution < -0.4 is 15.0 Å². The summed E-state index contributed by atoms with van der Waals surface area (Å²) in [5.74, 6) is 1.37. The Kier molecular flexibility index (Phi) is 4.73. The fourth-order valence-electron chi connectivity index (χ4n) is 3.31. The predicted molar refractivity (Wildman–Crippen MR) is 104 cm³/mol. The Bertz CT molecular complexity index is 1110. The van der Waals surface area contributed by atoms with Crippen LogP contribution >= 0.6 is 0 Å². The average Bonchev–Trinajstić information content (AvgIpc) is 3.15. The molecular weight excluding hydrogens is 358 g/mol. The monoisotopic (exact) mass is 379 g/mol. The number of benzene rings is 2. The van der Waals surface area contributed by atoms with Crippen LogP contribution in [0.1, 0.15) is 17.5 Å². The van der Waals surface area contributed by atoms with Gasteiger partial charge in [0.15, 0.2) is 11.5 Å². The van der Waals surface area contributed by atoms with Crippen LogP contribution in [0.15, 0.2) is 47.5 Å². The van der Waals surface area contributed by atoms with Crippen molar-refractivity contribution < 1.29 is 14.3 Å². The lowest BCUT2D eigenvalue weighted by Gasteiger charge is -2.18. The van der Waals surface area contributed by atoms with Gasteiger partial charge in [0, 0.05) is 26.6 Å². The van der Waals surface area contributed by atoms with Gasteiger partial charge < -0.3 is 14.4 Å². The summed E-state index contributed by atoms with van der Waals surface area (Å²) in [6.07, 6.45) is 1.74. The molecule has 0 saturated carbocycles. The number of amides is 1. The van der Waals surface area contributed by atoms with Crippen LogP contribution in [0.3, 0.4) is 0 Å². The van der Waals surface area contributed by atoms with Crippen molar-refractivity contribution in [3.8, 4) is 11.5 Å². The second-order valence-corrected chi connectivity index (χ2v) is 6.90. The van der Waals surface area contributed by atoms with Crippen molar-refractivity contribution in [2.24, 2.45) is 0 Å². The lowest BCUT2D eigenvalue weighted by atomic mass is 10.1. The number of carbonyl (C=O) groups is 1. The second-order valence-electron chi connectivity index (χ2n) is 6.90. The average molecular weight is 379 g/mol. The van der Waals surface area contributed by atoms with E-state index in [4.69, 9.17) is 9.47 Å². The number of aryl methyl sites for hydroxylation is 2. The highest BCUT2D eigenvalue weighted by Crippen LogP contribution is 2.32. The molecular formula is C21H21N3O4. The number of hydrogen-bond donors (Lipinski definition) is 0. The first kappa shape index (κ1) is 18.0. The molecule has 0 spiro atoms. The molecule has 0 atom stereocenters. The summed E-state index contributed by atoms with van der Waals surface area (Å²) in [5, 5.41) is 0.573. The minimum Gasteiger partial charge on any atom is -0.454 e. The van der Waals surface area contributed by atoms with Crippen molar-refractivity contribution in [1.82, 2.24) is 14.5 Å². The zero-order valence-electron chi connectivity index (χ0n) is 15.8. The van der Waals surface area contributed by atoms with E-state index in [1.54, 1.807) is 18.0 Å². The van der Waals surface area contributed by atoms with E-state index in [-0.39, 0.29) is 24.7 Å². The van der Waals surface area contributed by atoms with E-state index in [1.807, 2.05) is 37.3 Å². The molecule has 0 aliphatic carbocycles. The summed E-state index contributed by atoms with van der Waals surface area (Å²) in [7, 11) is 1.75. The maximum absolute atomic E-state index is 12.6. The van der Waals surface area contributed by atoms with E-state index in [0.29, 0.717) is 29.7 Å². The summed E-state index contributed by atoms with van der Waals surface area (Å²) in [6.45, 7) is 2.90. The number of para-hydroxylation sites is 1. The van der Waals surface area contributed by atoms with Gasteiger partial charge in [-0.1, -0.05) is 18.2 Å². The molecule has 0 saturated heterocycles. The first-order valence-corrected chi connectivity index (χ1v) is 9.10. The van der Waals surface area contributed by atoms with Gasteiger partial charge >= 0.3 is 0 Å². The van der Waals surface area contributed by atoms with Crippen LogP contribution in [0.4, 0.5) is 0 Å². The normalized spacial score (nSPS) is 12.4. The molecule has 7 nitrogen and oxygen atoms in total. The van der Waals surface area contributed by atoms with E-state index in [0.717, 1.165) is 16.9 Å². The summed E-state index contributed by atoms with van der Waals surface area (Å²) in [4.78, 5) is 31.2. The van der Waals surface area contributed by atoms with Crippen LogP contribution in [0, 0.1) is 6.92 Å². The third-order valence-corrected chi connectivity index (χ3v) is 4.90. The van der Waals surface area contributed by atoms with Gasteiger partial charge in [-0.3, -0.25) is 14.2 Å². The van der Waals surface area contributed by atoms with Crippen molar-refractivity contribution in [1.29, 1.82) is 0 Å². The van der Waals surface area contributed by atoms with Gasteiger partial charge in [-0.2, -0.15) is 0 Å². The maximum Gasteiger partial charge on any atom is 0.261 e. The summed E-state index contributed by atoms with van der Waals surface area (Å²) in [5.41, 5.74) is 2.50. The van der Waals surface area contributed by atoms with Gasteiger partial charge in [-0.05, 0) is 36.2 Å². The molecule has 0 unspecified atom stereocenters. The summed E-state index contributed by atoms with van der Waals surface area (Å²) >= 11 is 0. The van der Waals surface area contributed by atoms with Gasteiger partial charge in [0.1, 0.15) is 0 Å². The number of fused-ring (bicyclic) bond motifs is 2. The van der Waals surface area contributed by atoms with Crippen molar-refractivity contribution >= 4 is 16.8 Å². The van der Waals surface area contributed by atoms with Gasteiger partial charge in [-0.15, -0.1) is 0 Å². The number of rotatable bonds is 5. The molecule has 0 bridgehead atoms. The Morgan fingerprint density at radius 1 is 1.21 bits per heavy atom. The molecule has 2 heterocycles. The SMILES string of the molecule is Cc1cccc2c(=O)n(CCC(=O)N(C)Cc3ccc4c(c3)OCO4)cnc12. The molecule has 4 rings (SSSR count). The second kappa shape index (κ2) is 7.34. The first-order valence-electron chi connectivity index (χ1n) is 9.10. The molecule has 144 valence electrons. The molecule has 0 N–H and O–H groups in total. The molecule has 2 aromatic carbocycles. The number of aromatic nitrogens is 2. The summed E-state index contributed by atoms with van der Waals surface area (Å²) < 4.78 is 12.2. The van der Waals surface area contributed by atoms with E-state index in [2.05, 4.69) is 4.98 Å². The van der Waals surface area contributed by atoms with Crippen LogP contribution in [-0.2, 0) is 17.9 Å². The zero-order valence-corrected chi connectivity index (χ0v) is 15.8. The van der Waals surface area contributed by atoms with E-state index in [9.17, 15) is 9.59 Å². The molecule has 3 aromatic rings. The lowest BCUT2D eigenvalue weighted by Crippen LogP contribution is -2.29. The van der Waals surface area contributed by atoms with Crippen molar-refractivity contribution in [3.05, 3.63) is 64.2 Å². The van der Waals surface area contributed by atoms with Crippen LogP contribution in [0.25, 0.3) is 10.9 Å². The minimum absolute atomic E-state index is 0.0473. The number of nitrogens with zero attached hydrogens (tertiary/aromatic N) is 3. The highest BCUT2D eigenvalue weighted by Gasteiger charge is 2.16. The van der Waals surface area contributed by atoms with Gasteiger partial charge in [0.2, 0.25) is 12.7 Å². The smallest absolute Gasteiger partial charge is 0.261 e. The van der Waals surface area contributed by atoms with Crippen LogP contribution in [0.2, 0.25) is 0 Å². The van der Waals surface area contributed by atoms with Gasteiger partial charge in [0.25, 0.3) is 5.56 Å². The third-order valence-electron chi connectivity index (χ3n) is 4.90. The highest BCUT2D eigenvalue weighted by molar-refractivity contribution is 5.80. The fraction of sp³-hybridized carbons (Fsp3) is 0.286. The molecule has 1 aliphatic rings. The highest BCUT2D eigenvalue weighted by atomic mass is 16.7. The molecule has 0 fully saturated rings. The minimum atomic E-state index is -0.125. The first-order chi connectivity index (χ1) is 13.5. The Balaban J connectivity index is 1.42. The predicted octanol–water partition coefficient (Wildman–Crippen LogP) is 2.48. The lowest BCUT2D eigenvalue weighted by molar-refractivity contribution is -0.130. The zero-order chi connectivity index (χ0) is 19.7. The van der Waals surface area contributed by atoms with Crippen molar-refractivity contribution in [2.45, 2.75) is 26.4 Å².